The highest BCUT2D eigenvalue weighted by molar-refractivity contribution is 5.96. The number of nitrogens with two attached hydrogens (primary N) is 2. The molecule has 5 N–H and O–H groups in total. The number of carbonyl (C=O) groups excluding carboxylic acids is 1. The van der Waals surface area contributed by atoms with Crippen LogP contribution in [0.2, 0.25) is 0 Å². The summed E-state index contributed by atoms with van der Waals surface area (Å²) >= 11 is 0. The minimum absolute atomic E-state index is 0.161. The van der Waals surface area contributed by atoms with E-state index in [1.807, 2.05) is 0 Å². The molecule has 1 heterocycles. The first-order chi connectivity index (χ1) is 14.9. The average molecular weight is 432 g/mol. The molecule has 1 amide bonds. The third-order valence-corrected chi connectivity index (χ3v) is 5.67. The van der Waals surface area contributed by atoms with Crippen LogP contribution in [-0.4, -0.2) is 55.4 Å². The number of ether oxygens (including phenoxy) is 2. The Morgan fingerprint density at radius 3 is 2.55 bits per heavy atom. The van der Waals surface area contributed by atoms with Gasteiger partial charge >= 0.3 is 0 Å². The molecule has 0 spiro atoms. The first kappa shape index (κ1) is 22.8. The number of hydrogen-bond donors (Lipinski definition) is 3. The molecule has 1 aliphatic rings. The van der Waals surface area contributed by atoms with Crippen LogP contribution in [0.3, 0.4) is 0 Å². The summed E-state index contributed by atoms with van der Waals surface area (Å²) in [5.41, 5.74) is 13.3. The number of primary amides is 1. The number of methoxy groups -OCH3 is 1. The molecular formula is C23H30FN3O4. The molecule has 1 unspecified atom stereocenters. The van der Waals surface area contributed by atoms with E-state index in [0.717, 1.165) is 37.9 Å². The average Bonchev–Trinajstić information content (AvgIpc) is 2.75. The number of aliphatic hydroxyl groups is 1. The number of nitrogens with zero attached hydrogens (tertiary/aromatic N) is 1. The molecule has 0 aromatic heterocycles. The van der Waals surface area contributed by atoms with E-state index in [4.69, 9.17) is 20.9 Å². The predicted octanol–water partition coefficient (Wildman–Crippen LogP) is 2.21. The molecular weight excluding hydrogens is 401 g/mol. The van der Waals surface area contributed by atoms with Gasteiger partial charge in [-0.3, -0.25) is 4.79 Å². The van der Waals surface area contributed by atoms with E-state index in [1.54, 1.807) is 24.3 Å². The molecule has 1 fully saturated rings. The molecule has 0 bridgehead atoms. The first-order valence-corrected chi connectivity index (χ1v) is 10.4. The number of β-amino-alcohol motifs (C(OH)–C–C–N with tert-alkyl or cyclic N) is 1. The van der Waals surface area contributed by atoms with Gasteiger partial charge in [-0.25, -0.2) is 4.39 Å². The van der Waals surface area contributed by atoms with Gasteiger partial charge in [0.1, 0.15) is 30.0 Å². The number of nitrogen functional groups attached to an aromatic ring is 1. The Bertz CT molecular complexity index is 883. The van der Waals surface area contributed by atoms with Crippen LogP contribution in [0.5, 0.6) is 11.5 Å². The lowest BCUT2D eigenvalue weighted by Crippen LogP contribution is -2.41. The topological polar surface area (TPSA) is 111 Å². The van der Waals surface area contributed by atoms with Crippen molar-refractivity contribution in [2.24, 2.45) is 11.7 Å². The third-order valence-electron chi connectivity index (χ3n) is 5.67. The fourth-order valence-corrected chi connectivity index (χ4v) is 3.94. The molecule has 2 aromatic rings. The van der Waals surface area contributed by atoms with Crippen molar-refractivity contribution in [1.29, 1.82) is 0 Å². The Morgan fingerprint density at radius 1 is 1.26 bits per heavy atom. The monoisotopic (exact) mass is 431 g/mol. The number of piperidine rings is 1. The number of rotatable bonds is 9. The molecule has 1 atom stereocenters. The zero-order chi connectivity index (χ0) is 22.4. The smallest absolute Gasteiger partial charge is 0.252 e. The number of halogens is 1. The van der Waals surface area contributed by atoms with E-state index in [-0.39, 0.29) is 18.0 Å². The first-order valence-electron chi connectivity index (χ1n) is 10.4. The summed E-state index contributed by atoms with van der Waals surface area (Å²) in [4.78, 5) is 13.8. The summed E-state index contributed by atoms with van der Waals surface area (Å²) in [6.45, 7) is 2.43. The van der Waals surface area contributed by atoms with Crippen LogP contribution in [0.15, 0.2) is 36.4 Å². The van der Waals surface area contributed by atoms with E-state index in [1.165, 1.54) is 19.2 Å². The molecule has 7 nitrogen and oxygen atoms in total. The van der Waals surface area contributed by atoms with Gasteiger partial charge in [-0.1, -0.05) is 0 Å². The van der Waals surface area contributed by atoms with Crippen molar-refractivity contribution >= 4 is 11.6 Å². The van der Waals surface area contributed by atoms with Crippen LogP contribution in [0.4, 0.5) is 10.1 Å². The molecule has 0 radical (unpaired) electrons. The van der Waals surface area contributed by atoms with Gasteiger partial charge in [0.2, 0.25) is 0 Å². The molecule has 2 aromatic carbocycles. The summed E-state index contributed by atoms with van der Waals surface area (Å²) in [6, 6.07) is 9.14. The molecule has 0 aliphatic carbocycles. The number of aliphatic hydroxyl groups excluding tert-OH is 1. The normalized spacial score (nSPS) is 16.1. The van der Waals surface area contributed by atoms with Gasteiger partial charge in [0.25, 0.3) is 5.91 Å². The number of amides is 1. The van der Waals surface area contributed by atoms with Crippen molar-refractivity contribution < 1.29 is 23.8 Å². The fraction of sp³-hybridized carbons (Fsp3) is 0.435. The standard InChI is InChI=1S/C23H30FN3O4/c1-30-22-11-16(21(25)12-20(22)23(26)29)10-15-6-8-27(9-7-15)13-18(28)14-31-19-4-2-17(24)3-5-19/h2-5,11-12,15,18,28H,6-10,13-14,25H2,1H3,(H2,26,29). The number of carbonyl (C=O) groups is 1. The van der Waals surface area contributed by atoms with Crippen molar-refractivity contribution in [3.8, 4) is 11.5 Å². The van der Waals surface area contributed by atoms with Gasteiger partial charge in [0.05, 0.1) is 12.7 Å². The molecule has 1 saturated heterocycles. The number of anilines is 1. The lowest BCUT2D eigenvalue weighted by molar-refractivity contribution is 0.0550. The van der Waals surface area contributed by atoms with Crippen molar-refractivity contribution in [2.75, 3.05) is 39.1 Å². The van der Waals surface area contributed by atoms with Crippen LogP contribution in [0, 0.1) is 11.7 Å². The maximum atomic E-state index is 12.9. The molecule has 3 rings (SSSR count). The van der Waals surface area contributed by atoms with Crippen LogP contribution in [0.1, 0.15) is 28.8 Å². The van der Waals surface area contributed by atoms with Gasteiger partial charge in [-0.15, -0.1) is 0 Å². The van der Waals surface area contributed by atoms with E-state index < -0.39 is 12.0 Å². The van der Waals surface area contributed by atoms with Crippen molar-refractivity contribution in [3.63, 3.8) is 0 Å². The van der Waals surface area contributed by atoms with E-state index in [0.29, 0.717) is 29.6 Å². The lowest BCUT2D eigenvalue weighted by Gasteiger charge is -2.33. The summed E-state index contributed by atoms with van der Waals surface area (Å²) in [5, 5.41) is 10.3. The second-order valence-corrected chi connectivity index (χ2v) is 7.98. The fourth-order valence-electron chi connectivity index (χ4n) is 3.94. The van der Waals surface area contributed by atoms with E-state index in [2.05, 4.69) is 4.90 Å². The van der Waals surface area contributed by atoms with Crippen LogP contribution < -0.4 is 20.9 Å². The van der Waals surface area contributed by atoms with Gasteiger partial charge in [0.15, 0.2) is 0 Å². The molecule has 8 heteroatoms. The number of benzene rings is 2. The minimum Gasteiger partial charge on any atom is -0.496 e. The third kappa shape index (κ3) is 6.32. The zero-order valence-electron chi connectivity index (χ0n) is 17.7. The highest BCUT2D eigenvalue weighted by Gasteiger charge is 2.23. The zero-order valence-corrected chi connectivity index (χ0v) is 17.7. The Morgan fingerprint density at radius 2 is 1.94 bits per heavy atom. The van der Waals surface area contributed by atoms with Gasteiger partial charge in [-0.05, 0) is 80.2 Å². The van der Waals surface area contributed by atoms with Crippen molar-refractivity contribution in [1.82, 2.24) is 4.90 Å². The Balaban J connectivity index is 1.46. The largest absolute Gasteiger partial charge is 0.496 e. The minimum atomic E-state index is -0.622. The van der Waals surface area contributed by atoms with Crippen molar-refractivity contribution in [3.05, 3.63) is 53.3 Å². The van der Waals surface area contributed by atoms with Crippen LogP contribution in [-0.2, 0) is 6.42 Å². The maximum Gasteiger partial charge on any atom is 0.252 e. The maximum absolute atomic E-state index is 12.9. The van der Waals surface area contributed by atoms with E-state index >= 15 is 0 Å². The van der Waals surface area contributed by atoms with Gasteiger partial charge < -0.3 is 30.9 Å². The predicted molar refractivity (Wildman–Crippen MR) is 117 cm³/mol. The van der Waals surface area contributed by atoms with Crippen LogP contribution >= 0.6 is 0 Å². The summed E-state index contributed by atoms with van der Waals surface area (Å²) < 4.78 is 23.7. The van der Waals surface area contributed by atoms with Crippen LogP contribution in [0.25, 0.3) is 0 Å². The Kier molecular flexibility index (Phi) is 7.70. The van der Waals surface area contributed by atoms with Gasteiger partial charge in [0, 0.05) is 12.2 Å². The highest BCUT2D eigenvalue weighted by Crippen LogP contribution is 2.30. The van der Waals surface area contributed by atoms with Crippen molar-refractivity contribution in [2.45, 2.75) is 25.4 Å². The van der Waals surface area contributed by atoms with Gasteiger partial charge in [-0.2, -0.15) is 0 Å². The summed E-state index contributed by atoms with van der Waals surface area (Å²) in [6.07, 6.45) is 2.13. The molecule has 31 heavy (non-hydrogen) atoms. The molecule has 168 valence electrons. The highest BCUT2D eigenvalue weighted by atomic mass is 19.1. The lowest BCUT2D eigenvalue weighted by atomic mass is 9.89. The second kappa shape index (κ2) is 10.5. The summed E-state index contributed by atoms with van der Waals surface area (Å²) in [5.74, 6) is 0.549. The molecule has 0 saturated carbocycles. The van der Waals surface area contributed by atoms with E-state index in [9.17, 15) is 14.3 Å². The molecule has 1 aliphatic heterocycles. The number of likely N-dealkylation sites (tertiary alicyclic amines) is 1. The second-order valence-electron chi connectivity index (χ2n) is 7.98. The Labute approximate surface area is 181 Å². The SMILES string of the molecule is COc1cc(CC2CCN(CC(O)COc3ccc(F)cc3)CC2)c(N)cc1C(N)=O. The quantitative estimate of drug-likeness (QED) is 0.525. The summed E-state index contributed by atoms with van der Waals surface area (Å²) in [7, 11) is 1.51. The Hall–Kier alpha value is -2.84. The number of hydrogen-bond acceptors (Lipinski definition) is 6.